The summed E-state index contributed by atoms with van der Waals surface area (Å²) in [7, 11) is 3.87. The quantitative estimate of drug-likeness (QED) is 0.805. The predicted molar refractivity (Wildman–Crippen MR) is 72.5 cm³/mol. The molecule has 0 spiro atoms. The van der Waals surface area contributed by atoms with Gasteiger partial charge in [-0.1, -0.05) is 0 Å². The molecular formula is C13H15BrN2O. The maximum absolute atomic E-state index is 5.30. The highest BCUT2D eigenvalue weighted by Gasteiger charge is 2.20. The molecule has 0 atom stereocenters. The lowest BCUT2D eigenvalue weighted by Crippen LogP contribution is -2.30. The van der Waals surface area contributed by atoms with Crippen LogP contribution in [0.3, 0.4) is 0 Å². The van der Waals surface area contributed by atoms with E-state index in [-0.39, 0.29) is 0 Å². The van der Waals surface area contributed by atoms with Crippen molar-refractivity contribution in [3.8, 4) is 5.75 Å². The van der Waals surface area contributed by atoms with Crippen LogP contribution in [0.4, 0.5) is 0 Å². The Balaban J connectivity index is 2.26. The Hall–Kier alpha value is -1.00. The lowest BCUT2D eigenvalue weighted by atomic mass is 10.2. The zero-order valence-corrected chi connectivity index (χ0v) is 11.6. The van der Waals surface area contributed by atoms with Gasteiger partial charge in [0.15, 0.2) is 0 Å². The summed E-state index contributed by atoms with van der Waals surface area (Å²) in [5.74, 6) is 0.921. The molecule has 1 aromatic carbocycles. The number of ether oxygens (including phenoxy) is 1. The van der Waals surface area contributed by atoms with Crippen molar-refractivity contribution in [2.45, 2.75) is 13.1 Å². The van der Waals surface area contributed by atoms with Crippen LogP contribution in [0.5, 0.6) is 5.75 Å². The molecule has 0 amide bonds. The zero-order chi connectivity index (χ0) is 12.0. The van der Waals surface area contributed by atoms with Crippen molar-refractivity contribution >= 4 is 26.8 Å². The number of methoxy groups -OCH3 is 1. The van der Waals surface area contributed by atoms with Gasteiger partial charge in [-0.25, -0.2) is 0 Å². The number of halogens is 1. The van der Waals surface area contributed by atoms with E-state index in [1.165, 1.54) is 21.1 Å². The second-order valence-electron chi connectivity index (χ2n) is 4.53. The van der Waals surface area contributed by atoms with E-state index in [1.807, 2.05) is 6.07 Å². The van der Waals surface area contributed by atoms with Crippen LogP contribution in [0.1, 0.15) is 5.69 Å². The van der Waals surface area contributed by atoms with Gasteiger partial charge in [0.2, 0.25) is 0 Å². The van der Waals surface area contributed by atoms with Crippen molar-refractivity contribution in [3.05, 3.63) is 28.4 Å². The average Bonchev–Trinajstić information content (AvgIpc) is 2.62. The molecule has 0 fully saturated rings. The van der Waals surface area contributed by atoms with Crippen molar-refractivity contribution in [1.82, 2.24) is 9.47 Å². The second kappa shape index (κ2) is 4.03. The first-order chi connectivity index (χ1) is 8.20. The predicted octanol–water partition coefficient (Wildman–Crippen LogP) is 2.86. The fraction of sp³-hybridized carbons (Fsp3) is 0.385. The number of rotatable bonds is 1. The molecule has 90 valence electrons. The fourth-order valence-corrected chi connectivity index (χ4v) is 3.16. The van der Waals surface area contributed by atoms with E-state index < -0.39 is 0 Å². The summed E-state index contributed by atoms with van der Waals surface area (Å²) >= 11 is 3.72. The minimum absolute atomic E-state index is 0.921. The third kappa shape index (κ3) is 1.67. The molecule has 0 unspecified atom stereocenters. The molecule has 2 aromatic rings. The highest BCUT2D eigenvalue weighted by Crippen LogP contribution is 2.35. The fourth-order valence-electron chi connectivity index (χ4n) is 2.48. The van der Waals surface area contributed by atoms with Crippen molar-refractivity contribution in [1.29, 1.82) is 0 Å². The lowest BCUT2D eigenvalue weighted by molar-refractivity contribution is 0.272. The molecule has 0 aliphatic carbocycles. The summed E-state index contributed by atoms with van der Waals surface area (Å²) in [6.45, 7) is 3.14. The summed E-state index contributed by atoms with van der Waals surface area (Å²) in [6.07, 6.45) is 0. The molecular weight excluding hydrogens is 280 g/mol. The molecule has 3 nitrogen and oxygen atoms in total. The van der Waals surface area contributed by atoms with Crippen LogP contribution in [0.25, 0.3) is 10.9 Å². The molecule has 4 heteroatoms. The van der Waals surface area contributed by atoms with Crippen LogP contribution in [0.15, 0.2) is 22.7 Å². The zero-order valence-electron chi connectivity index (χ0n) is 10.0. The van der Waals surface area contributed by atoms with E-state index >= 15 is 0 Å². The number of benzene rings is 1. The standard InChI is InChI=1S/C13H15BrN2O/c1-15-5-6-16-11-7-9(17-2)3-4-10(11)13(14)12(16)8-15/h3-4,7H,5-6,8H2,1-2H3. The first kappa shape index (κ1) is 11.1. The van der Waals surface area contributed by atoms with E-state index in [0.717, 1.165) is 25.4 Å². The average molecular weight is 295 g/mol. The Bertz CT molecular complexity index is 576. The summed E-state index contributed by atoms with van der Waals surface area (Å²) in [5, 5.41) is 1.27. The molecule has 2 heterocycles. The van der Waals surface area contributed by atoms with E-state index in [4.69, 9.17) is 4.74 Å². The third-order valence-electron chi connectivity index (χ3n) is 3.44. The van der Waals surface area contributed by atoms with Gasteiger partial charge >= 0.3 is 0 Å². The van der Waals surface area contributed by atoms with Crippen LogP contribution < -0.4 is 4.74 Å². The number of fused-ring (bicyclic) bond motifs is 3. The Morgan fingerprint density at radius 2 is 2.12 bits per heavy atom. The number of nitrogens with zero attached hydrogens (tertiary/aromatic N) is 2. The largest absolute Gasteiger partial charge is 0.497 e. The van der Waals surface area contributed by atoms with Crippen molar-refractivity contribution in [2.75, 3.05) is 20.7 Å². The Labute approximate surface area is 109 Å². The number of likely N-dealkylation sites (N-methyl/N-ethyl adjacent to an activating group) is 1. The molecule has 0 bridgehead atoms. The molecule has 1 aliphatic heterocycles. The van der Waals surface area contributed by atoms with Gasteiger partial charge in [0.05, 0.1) is 12.6 Å². The Kier molecular flexibility index (Phi) is 2.64. The molecule has 1 aromatic heterocycles. The molecule has 0 saturated heterocycles. The number of hydrogen-bond acceptors (Lipinski definition) is 2. The highest BCUT2D eigenvalue weighted by molar-refractivity contribution is 9.10. The van der Waals surface area contributed by atoms with Crippen molar-refractivity contribution in [3.63, 3.8) is 0 Å². The molecule has 0 radical (unpaired) electrons. The van der Waals surface area contributed by atoms with Gasteiger partial charge < -0.3 is 9.30 Å². The van der Waals surface area contributed by atoms with Gasteiger partial charge in [0, 0.05) is 41.3 Å². The second-order valence-corrected chi connectivity index (χ2v) is 5.33. The normalized spacial score (nSPS) is 16.2. The molecule has 0 saturated carbocycles. The van der Waals surface area contributed by atoms with Crippen LogP contribution in [0, 0.1) is 0 Å². The monoisotopic (exact) mass is 294 g/mol. The van der Waals surface area contributed by atoms with E-state index in [2.05, 4.69) is 44.6 Å². The van der Waals surface area contributed by atoms with Gasteiger partial charge in [-0.05, 0) is 35.1 Å². The summed E-state index contributed by atoms with van der Waals surface area (Å²) < 4.78 is 8.92. The lowest BCUT2D eigenvalue weighted by Gasteiger charge is -2.25. The molecule has 1 aliphatic rings. The molecule has 0 N–H and O–H groups in total. The van der Waals surface area contributed by atoms with E-state index in [9.17, 15) is 0 Å². The SMILES string of the molecule is COc1ccc2c(Br)c3n(c2c1)CCN(C)C3. The summed E-state index contributed by atoms with van der Waals surface area (Å²) in [4.78, 5) is 2.34. The van der Waals surface area contributed by atoms with Gasteiger partial charge in [0.25, 0.3) is 0 Å². The van der Waals surface area contributed by atoms with Crippen LogP contribution in [0.2, 0.25) is 0 Å². The van der Waals surface area contributed by atoms with Gasteiger partial charge in [-0.3, -0.25) is 4.90 Å². The van der Waals surface area contributed by atoms with Gasteiger partial charge in [-0.15, -0.1) is 0 Å². The van der Waals surface area contributed by atoms with Crippen molar-refractivity contribution < 1.29 is 4.74 Å². The minimum Gasteiger partial charge on any atom is -0.497 e. The molecule has 17 heavy (non-hydrogen) atoms. The number of aromatic nitrogens is 1. The van der Waals surface area contributed by atoms with Crippen LogP contribution >= 0.6 is 15.9 Å². The topological polar surface area (TPSA) is 17.4 Å². The summed E-state index contributed by atoms with van der Waals surface area (Å²) in [6, 6.07) is 6.27. The maximum Gasteiger partial charge on any atom is 0.120 e. The summed E-state index contributed by atoms with van der Waals surface area (Å²) in [5.41, 5.74) is 2.63. The third-order valence-corrected chi connectivity index (χ3v) is 4.32. The maximum atomic E-state index is 5.30. The molecule has 3 rings (SSSR count). The first-order valence-electron chi connectivity index (χ1n) is 5.74. The van der Waals surface area contributed by atoms with Crippen LogP contribution in [-0.2, 0) is 13.1 Å². The van der Waals surface area contributed by atoms with Gasteiger partial charge in [0.1, 0.15) is 5.75 Å². The minimum atomic E-state index is 0.921. The Morgan fingerprint density at radius 1 is 1.29 bits per heavy atom. The van der Waals surface area contributed by atoms with Gasteiger partial charge in [-0.2, -0.15) is 0 Å². The first-order valence-corrected chi connectivity index (χ1v) is 6.53. The Morgan fingerprint density at radius 3 is 2.88 bits per heavy atom. The smallest absolute Gasteiger partial charge is 0.120 e. The van der Waals surface area contributed by atoms with Crippen LogP contribution in [-0.4, -0.2) is 30.2 Å². The highest BCUT2D eigenvalue weighted by atomic mass is 79.9. The van der Waals surface area contributed by atoms with E-state index in [1.54, 1.807) is 7.11 Å². The number of hydrogen-bond donors (Lipinski definition) is 0. The van der Waals surface area contributed by atoms with Crippen molar-refractivity contribution in [2.24, 2.45) is 0 Å². The van der Waals surface area contributed by atoms with E-state index in [0.29, 0.717) is 0 Å².